The third-order valence-electron chi connectivity index (χ3n) is 3.74. The van der Waals surface area contributed by atoms with Gasteiger partial charge in [-0.3, -0.25) is 0 Å². The number of nitrogens with one attached hydrogen (secondary N) is 1. The van der Waals surface area contributed by atoms with Gasteiger partial charge in [0.15, 0.2) is 0 Å². The minimum atomic E-state index is 0.0416. The van der Waals surface area contributed by atoms with Crippen LogP contribution in [0.25, 0.3) is 0 Å². The molecule has 0 radical (unpaired) electrons. The smallest absolute Gasteiger partial charge is 0.0589 e. The van der Waals surface area contributed by atoms with Crippen molar-refractivity contribution >= 4 is 23.2 Å². The van der Waals surface area contributed by atoms with Gasteiger partial charge in [0.1, 0.15) is 0 Å². The lowest BCUT2D eigenvalue weighted by Crippen LogP contribution is -2.18. The zero-order valence-electron chi connectivity index (χ0n) is 12.2. The van der Waals surface area contributed by atoms with Gasteiger partial charge in [0.05, 0.1) is 6.04 Å². The molecule has 20 heavy (non-hydrogen) atoms. The Morgan fingerprint density at radius 3 is 2.10 bits per heavy atom. The van der Waals surface area contributed by atoms with Crippen LogP contribution in [0.2, 0.25) is 10.0 Å². The fraction of sp³-hybridized carbons (Fsp3) is 0.294. The Hall–Kier alpha value is -1.02. The maximum atomic E-state index is 6.42. The fourth-order valence-electron chi connectivity index (χ4n) is 2.31. The first kappa shape index (κ1) is 15.4. The Bertz CT molecular complexity index is 635. The van der Waals surface area contributed by atoms with Crippen molar-refractivity contribution < 1.29 is 0 Å². The van der Waals surface area contributed by atoms with E-state index in [-0.39, 0.29) is 6.04 Å². The Kier molecular flexibility index (Phi) is 4.74. The molecule has 0 saturated heterocycles. The molecule has 0 heterocycles. The fourth-order valence-corrected chi connectivity index (χ4v) is 2.83. The van der Waals surface area contributed by atoms with Crippen LogP contribution in [0.15, 0.2) is 30.3 Å². The molecule has 1 nitrogen and oxygen atoms in total. The minimum absolute atomic E-state index is 0.0416. The third-order valence-corrected chi connectivity index (χ3v) is 4.48. The van der Waals surface area contributed by atoms with Crippen molar-refractivity contribution in [3.63, 3.8) is 0 Å². The van der Waals surface area contributed by atoms with Crippen LogP contribution in [0, 0.1) is 20.8 Å². The van der Waals surface area contributed by atoms with Crippen LogP contribution in [0.4, 0.5) is 0 Å². The summed E-state index contributed by atoms with van der Waals surface area (Å²) in [7, 11) is 1.93. The number of aryl methyl sites for hydroxylation is 3. The maximum Gasteiger partial charge on any atom is 0.0589 e. The predicted octanol–water partition coefficient (Wildman–Crippen LogP) is 5.23. The molecular weight excluding hydrogens is 289 g/mol. The van der Waals surface area contributed by atoms with E-state index >= 15 is 0 Å². The lowest BCUT2D eigenvalue weighted by atomic mass is 9.95. The Balaban J connectivity index is 2.52. The summed E-state index contributed by atoms with van der Waals surface area (Å²) in [5.74, 6) is 0. The van der Waals surface area contributed by atoms with Crippen molar-refractivity contribution in [3.8, 4) is 0 Å². The van der Waals surface area contributed by atoms with Gasteiger partial charge >= 0.3 is 0 Å². The van der Waals surface area contributed by atoms with E-state index in [9.17, 15) is 0 Å². The number of halogens is 2. The van der Waals surface area contributed by atoms with Crippen LogP contribution < -0.4 is 5.32 Å². The van der Waals surface area contributed by atoms with E-state index in [1.165, 1.54) is 11.1 Å². The second-order valence-electron chi connectivity index (χ2n) is 5.19. The summed E-state index contributed by atoms with van der Waals surface area (Å²) in [6.45, 7) is 6.18. The van der Waals surface area contributed by atoms with Crippen molar-refractivity contribution in [3.05, 3.63) is 68.2 Å². The Morgan fingerprint density at radius 2 is 1.50 bits per heavy atom. The van der Waals surface area contributed by atoms with Crippen LogP contribution in [-0.2, 0) is 0 Å². The lowest BCUT2D eigenvalue weighted by molar-refractivity contribution is 0.691. The molecule has 0 aliphatic heterocycles. The van der Waals surface area contributed by atoms with Gasteiger partial charge in [-0.15, -0.1) is 0 Å². The summed E-state index contributed by atoms with van der Waals surface area (Å²) in [6.07, 6.45) is 0. The van der Waals surface area contributed by atoms with Crippen LogP contribution in [-0.4, -0.2) is 7.05 Å². The van der Waals surface area contributed by atoms with Gasteiger partial charge in [-0.05, 0) is 67.8 Å². The highest BCUT2D eigenvalue weighted by molar-refractivity contribution is 6.32. The first-order valence-electron chi connectivity index (χ1n) is 6.64. The van der Waals surface area contributed by atoms with Crippen molar-refractivity contribution in [2.45, 2.75) is 26.8 Å². The topological polar surface area (TPSA) is 12.0 Å². The molecule has 106 valence electrons. The SMILES string of the molecule is CNC(c1ccc(C)c(Cl)c1)c1cc(C)c(C)cc1Cl. The molecule has 2 rings (SSSR count). The summed E-state index contributed by atoms with van der Waals surface area (Å²) in [5, 5.41) is 4.89. The van der Waals surface area contributed by atoms with E-state index in [1.807, 2.05) is 32.2 Å². The molecule has 1 N–H and O–H groups in total. The molecule has 0 bridgehead atoms. The average Bonchev–Trinajstić information content (AvgIpc) is 2.40. The Labute approximate surface area is 130 Å². The first-order chi connectivity index (χ1) is 9.43. The van der Waals surface area contributed by atoms with Crippen molar-refractivity contribution in [1.29, 1.82) is 0 Å². The molecule has 2 aromatic rings. The summed E-state index contributed by atoms with van der Waals surface area (Å²) in [4.78, 5) is 0. The van der Waals surface area contributed by atoms with Gasteiger partial charge in [-0.1, -0.05) is 41.4 Å². The van der Waals surface area contributed by atoms with E-state index < -0.39 is 0 Å². The average molecular weight is 308 g/mol. The second-order valence-corrected chi connectivity index (χ2v) is 6.00. The Morgan fingerprint density at radius 1 is 0.850 bits per heavy atom. The summed E-state index contributed by atoms with van der Waals surface area (Å²) < 4.78 is 0. The van der Waals surface area contributed by atoms with Gasteiger partial charge in [0.2, 0.25) is 0 Å². The number of hydrogen-bond acceptors (Lipinski definition) is 1. The molecule has 1 unspecified atom stereocenters. The van der Waals surface area contributed by atoms with Gasteiger partial charge in [-0.2, -0.15) is 0 Å². The molecule has 0 saturated carbocycles. The van der Waals surface area contributed by atoms with E-state index in [0.29, 0.717) is 0 Å². The first-order valence-corrected chi connectivity index (χ1v) is 7.39. The second kappa shape index (κ2) is 6.17. The standard InChI is InChI=1S/C17H19Cl2N/c1-10-5-6-13(9-15(10)18)17(20-4)14-7-11(2)12(3)8-16(14)19/h5-9,17,20H,1-4H3. The molecular formula is C17H19Cl2N. The molecule has 2 aromatic carbocycles. The van der Waals surface area contributed by atoms with E-state index in [4.69, 9.17) is 23.2 Å². The number of hydrogen-bond donors (Lipinski definition) is 1. The number of rotatable bonds is 3. The lowest BCUT2D eigenvalue weighted by Gasteiger charge is -2.20. The van der Waals surface area contributed by atoms with Crippen LogP contribution >= 0.6 is 23.2 Å². The summed E-state index contributed by atoms with van der Waals surface area (Å²) >= 11 is 12.7. The zero-order valence-corrected chi connectivity index (χ0v) is 13.7. The molecule has 3 heteroatoms. The summed E-state index contributed by atoms with van der Waals surface area (Å²) in [6, 6.07) is 10.3. The molecule has 0 fully saturated rings. The van der Waals surface area contributed by atoms with Crippen molar-refractivity contribution in [2.75, 3.05) is 7.05 Å². The van der Waals surface area contributed by atoms with Crippen LogP contribution in [0.1, 0.15) is 33.9 Å². The highest BCUT2D eigenvalue weighted by Gasteiger charge is 2.17. The molecule has 0 amide bonds. The molecule has 0 aliphatic rings. The van der Waals surface area contributed by atoms with Crippen LogP contribution in [0.3, 0.4) is 0 Å². The predicted molar refractivity (Wildman–Crippen MR) is 88.0 cm³/mol. The maximum absolute atomic E-state index is 6.42. The monoisotopic (exact) mass is 307 g/mol. The number of benzene rings is 2. The molecule has 1 atom stereocenters. The highest BCUT2D eigenvalue weighted by Crippen LogP contribution is 2.32. The van der Waals surface area contributed by atoms with Gasteiger partial charge in [0.25, 0.3) is 0 Å². The van der Waals surface area contributed by atoms with Gasteiger partial charge in [-0.25, -0.2) is 0 Å². The normalized spacial score (nSPS) is 12.5. The molecule has 0 spiro atoms. The van der Waals surface area contributed by atoms with E-state index in [0.717, 1.165) is 26.7 Å². The third kappa shape index (κ3) is 3.01. The van der Waals surface area contributed by atoms with E-state index in [2.05, 4.69) is 31.3 Å². The molecule has 0 aliphatic carbocycles. The van der Waals surface area contributed by atoms with E-state index in [1.54, 1.807) is 0 Å². The van der Waals surface area contributed by atoms with Gasteiger partial charge < -0.3 is 5.32 Å². The summed E-state index contributed by atoms with van der Waals surface area (Å²) in [5.41, 5.74) is 5.72. The highest BCUT2D eigenvalue weighted by atomic mass is 35.5. The molecule has 0 aromatic heterocycles. The quantitative estimate of drug-likeness (QED) is 0.819. The van der Waals surface area contributed by atoms with Crippen LogP contribution in [0.5, 0.6) is 0 Å². The largest absolute Gasteiger partial charge is 0.309 e. The van der Waals surface area contributed by atoms with Gasteiger partial charge in [0, 0.05) is 10.0 Å². The van der Waals surface area contributed by atoms with Crippen molar-refractivity contribution in [1.82, 2.24) is 5.32 Å². The zero-order chi connectivity index (χ0) is 14.9. The van der Waals surface area contributed by atoms with Crippen molar-refractivity contribution in [2.24, 2.45) is 0 Å². The minimum Gasteiger partial charge on any atom is -0.309 e.